The number of hydrogen-bond acceptors (Lipinski definition) is 3. The number of carbonyl (C=O) groups is 2. The summed E-state index contributed by atoms with van der Waals surface area (Å²) in [6, 6.07) is 6.42. The molecule has 0 bridgehead atoms. The highest BCUT2D eigenvalue weighted by atomic mass is 32.2. The van der Waals surface area contributed by atoms with Gasteiger partial charge in [0.1, 0.15) is 6.04 Å². The Balaban J connectivity index is 2.10. The number of nitrogens with zero attached hydrogens (tertiary/aromatic N) is 1. The smallest absolute Gasteiger partial charge is 0.326 e. The van der Waals surface area contributed by atoms with E-state index in [0.29, 0.717) is 13.0 Å². The zero-order valence-electron chi connectivity index (χ0n) is 10.6. The zero-order valence-corrected chi connectivity index (χ0v) is 11.4. The molecule has 0 spiro atoms. The molecule has 5 nitrogen and oxygen atoms in total. The second kappa shape index (κ2) is 5.97. The van der Waals surface area contributed by atoms with E-state index in [1.54, 1.807) is 0 Å². The summed E-state index contributed by atoms with van der Waals surface area (Å²) < 4.78 is 0. The number of anilines is 1. The van der Waals surface area contributed by atoms with Crippen molar-refractivity contribution in [1.82, 2.24) is 4.90 Å². The second-order valence-corrected chi connectivity index (χ2v) is 5.17. The Labute approximate surface area is 116 Å². The first-order valence-electron chi connectivity index (χ1n) is 6.07. The molecule has 2 N–H and O–H groups in total. The van der Waals surface area contributed by atoms with Gasteiger partial charge in [-0.3, -0.25) is 0 Å². The predicted octanol–water partition coefficient (Wildman–Crippen LogP) is 2.49. The number of hydrogen-bond donors (Lipinski definition) is 2. The first kappa shape index (κ1) is 13.7. The van der Waals surface area contributed by atoms with Gasteiger partial charge in [0, 0.05) is 11.4 Å². The molecule has 0 radical (unpaired) electrons. The maximum absolute atomic E-state index is 12.1. The molecule has 1 aromatic carbocycles. The molecule has 1 aliphatic heterocycles. The van der Waals surface area contributed by atoms with Crippen molar-refractivity contribution in [2.45, 2.75) is 23.8 Å². The lowest BCUT2D eigenvalue weighted by atomic mass is 10.2. The molecule has 1 atom stereocenters. The Morgan fingerprint density at radius 3 is 2.84 bits per heavy atom. The minimum Gasteiger partial charge on any atom is -0.480 e. The highest BCUT2D eigenvalue weighted by Crippen LogP contribution is 2.26. The number of para-hydroxylation sites is 1. The van der Waals surface area contributed by atoms with Gasteiger partial charge in [-0.1, -0.05) is 12.1 Å². The average molecular weight is 280 g/mol. The minimum atomic E-state index is -0.939. The Bertz CT molecular complexity index is 493. The Morgan fingerprint density at radius 2 is 2.16 bits per heavy atom. The third-order valence-corrected chi connectivity index (χ3v) is 3.94. The van der Waals surface area contributed by atoms with Crippen LogP contribution in [0, 0.1) is 0 Å². The average Bonchev–Trinajstić information content (AvgIpc) is 2.88. The Morgan fingerprint density at radius 1 is 1.42 bits per heavy atom. The highest BCUT2D eigenvalue weighted by Gasteiger charge is 2.34. The van der Waals surface area contributed by atoms with Gasteiger partial charge in [0.05, 0.1) is 5.69 Å². The van der Waals surface area contributed by atoms with E-state index in [9.17, 15) is 9.59 Å². The summed E-state index contributed by atoms with van der Waals surface area (Å²) in [5.74, 6) is -0.939. The molecule has 19 heavy (non-hydrogen) atoms. The quantitative estimate of drug-likeness (QED) is 0.835. The molecule has 0 saturated carbocycles. The number of benzene rings is 1. The van der Waals surface area contributed by atoms with E-state index in [2.05, 4.69) is 5.32 Å². The first-order chi connectivity index (χ1) is 9.13. The number of carbonyl (C=O) groups excluding carboxylic acids is 1. The molecule has 1 aliphatic rings. The summed E-state index contributed by atoms with van der Waals surface area (Å²) in [6.45, 7) is 0.490. The third kappa shape index (κ3) is 3.01. The standard InChI is InChI=1S/C13H16N2O3S/c1-19-11-7-3-2-5-9(11)14-13(18)15-8-4-6-10(15)12(16)17/h2-3,5,7,10H,4,6,8H2,1H3,(H,14,18)(H,16,17). The fourth-order valence-electron chi connectivity index (χ4n) is 2.20. The molecular formula is C13H16N2O3S. The molecule has 2 rings (SSSR count). The maximum Gasteiger partial charge on any atom is 0.326 e. The Hall–Kier alpha value is -1.69. The van der Waals surface area contributed by atoms with Crippen molar-refractivity contribution in [1.29, 1.82) is 0 Å². The fraction of sp³-hybridized carbons (Fsp3) is 0.385. The molecule has 1 aromatic rings. The van der Waals surface area contributed by atoms with Crippen LogP contribution in [0.1, 0.15) is 12.8 Å². The van der Waals surface area contributed by atoms with Gasteiger partial charge in [-0.2, -0.15) is 0 Å². The number of amides is 2. The van der Waals surface area contributed by atoms with Crippen molar-refractivity contribution < 1.29 is 14.7 Å². The number of carboxylic acids is 1. The highest BCUT2D eigenvalue weighted by molar-refractivity contribution is 7.98. The predicted molar refractivity (Wildman–Crippen MR) is 74.6 cm³/mol. The van der Waals surface area contributed by atoms with Crippen molar-refractivity contribution in [2.75, 3.05) is 18.1 Å². The van der Waals surface area contributed by atoms with Gasteiger partial charge >= 0.3 is 12.0 Å². The number of rotatable bonds is 3. The van der Waals surface area contributed by atoms with E-state index >= 15 is 0 Å². The monoisotopic (exact) mass is 280 g/mol. The van der Waals surface area contributed by atoms with Crippen molar-refractivity contribution in [3.05, 3.63) is 24.3 Å². The molecule has 1 saturated heterocycles. The van der Waals surface area contributed by atoms with Crippen LogP contribution in [0.5, 0.6) is 0 Å². The molecule has 0 aromatic heterocycles. The lowest BCUT2D eigenvalue weighted by Crippen LogP contribution is -2.42. The number of urea groups is 1. The second-order valence-electron chi connectivity index (χ2n) is 4.32. The summed E-state index contributed by atoms with van der Waals surface area (Å²) in [4.78, 5) is 25.6. The van der Waals surface area contributed by atoms with Gasteiger partial charge in [0.15, 0.2) is 0 Å². The van der Waals surface area contributed by atoms with Crippen LogP contribution in [0.15, 0.2) is 29.2 Å². The fourth-order valence-corrected chi connectivity index (χ4v) is 2.76. The van der Waals surface area contributed by atoms with Crippen molar-refractivity contribution in [3.8, 4) is 0 Å². The molecular weight excluding hydrogens is 264 g/mol. The van der Waals surface area contributed by atoms with Crippen LogP contribution in [0.3, 0.4) is 0 Å². The van der Waals surface area contributed by atoms with Gasteiger partial charge in [-0.15, -0.1) is 11.8 Å². The molecule has 1 heterocycles. The lowest BCUT2D eigenvalue weighted by Gasteiger charge is -2.22. The van der Waals surface area contributed by atoms with Gasteiger partial charge < -0.3 is 15.3 Å². The van der Waals surface area contributed by atoms with Crippen molar-refractivity contribution in [2.24, 2.45) is 0 Å². The van der Waals surface area contributed by atoms with Crippen LogP contribution in [-0.2, 0) is 4.79 Å². The van der Waals surface area contributed by atoms with E-state index < -0.39 is 12.0 Å². The molecule has 102 valence electrons. The van der Waals surface area contributed by atoms with Gasteiger partial charge in [-0.05, 0) is 31.2 Å². The SMILES string of the molecule is CSc1ccccc1NC(=O)N1CCCC1C(=O)O. The Kier molecular flexibility index (Phi) is 4.31. The lowest BCUT2D eigenvalue weighted by molar-refractivity contribution is -0.141. The molecule has 1 fully saturated rings. The number of aliphatic carboxylic acids is 1. The summed E-state index contributed by atoms with van der Waals surface area (Å²) in [7, 11) is 0. The van der Waals surface area contributed by atoms with E-state index in [4.69, 9.17) is 5.11 Å². The zero-order chi connectivity index (χ0) is 13.8. The summed E-state index contributed by atoms with van der Waals surface area (Å²) >= 11 is 1.54. The first-order valence-corrected chi connectivity index (χ1v) is 7.29. The van der Waals surface area contributed by atoms with Crippen molar-refractivity contribution in [3.63, 3.8) is 0 Å². The normalized spacial score (nSPS) is 18.4. The largest absolute Gasteiger partial charge is 0.480 e. The summed E-state index contributed by atoms with van der Waals surface area (Å²) in [5, 5.41) is 11.9. The van der Waals surface area contributed by atoms with Gasteiger partial charge in [0.25, 0.3) is 0 Å². The van der Waals surface area contributed by atoms with Crippen LogP contribution >= 0.6 is 11.8 Å². The van der Waals surface area contributed by atoms with Crippen LogP contribution < -0.4 is 5.32 Å². The van der Waals surface area contributed by atoms with Gasteiger partial charge in [0.2, 0.25) is 0 Å². The van der Waals surface area contributed by atoms with E-state index in [1.165, 1.54) is 16.7 Å². The number of nitrogens with one attached hydrogen (secondary N) is 1. The minimum absolute atomic E-state index is 0.341. The molecule has 1 unspecified atom stereocenters. The van der Waals surface area contributed by atoms with Crippen LogP contribution in [-0.4, -0.2) is 40.8 Å². The molecule has 0 aliphatic carbocycles. The number of thioether (sulfide) groups is 1. The van der Waals surface area contributed by atoms with Crippen molar-refractivity contribution >= 4 is 29.4 Å². The number of carboxylic acid groups (broad SMARTS) is 1. The van der Waals surface area contributed by atoms with E-state index in [0.717, 1.165) is 17.0 Å². The maximum atomic E-state index is 12.1. The van der Waals surface area contributed by atoms with Crippen LogP contribution in [0.25, 0.3) is 0 Å². The molecule has 2 amide bonds. The molecule has 6 heteroatoms. The third-order valence-electron chi connectivity index (χ3n) is 3.15. The van der Waals surface area contributed by atoms with Crippen LogP contribution in [0.4, 0.5) is 10.5 Å². The van der Waals surface area contributed by atoms with Crippen LogP contribution in [0.2, 0.25) is 0 Å². The summed E-state index contributed by atoms with van der Waals surface area (Å²) in [6.07, 6.45) is 3.18. The van der Waals surface area contributed by atoms with E-state index in [1.807, 2.05) is 30.5 Å². The summed E-state index contributed by atoms with van der Waals surface area (Å²) in [5.41, 5.74) is 0.719. The van der Waals surface area contributed by atoms with E-state index in [-0.39, 0.29) is 6.03 Å². The van der Waals surface area contributed by atoms with Gasteiger partial charge in [-0.25, -0.2) is 9.59 Å². The number of likely N-dealkylation sites (tertiary alicyclic amines) is 1. The topological polar surface area (TPSA) is 69.6 Å².